The third-order valence-corrected chi connectivity index (χ3v) is 57.3. The first-order valence-electron chi connectivity index (χ1n) is 5.94. The normalized spacial score (nSPS) is 132. The SMILES string of the molecule is O=C(O)[C]12[CH]3[CH]4[CH]5[CH]1[Fe]45321678[CH]2[CH]1[CH]6[CH]7[CH]28.[Zn]. The van der Waals surface area contributed by atoms with Gasteiger partial charge in [-0.25, -0.2) is 0 Å². The molecule has 10 heterocycles. The van der Waals surface area contributed by atoms with Crippen molar-refractivity contribution in [3.8, 4) is 0 Å². The summed E-state index contributed by atoms with van der Waals surface area (Å²) in [6, 6.07) is 0. The number of carbonyl (C=O) groups is 1. The molecular weight excluding hydrogens is 285 g/mol. The Morgan fingerprint density at radius 1 is 0.933 bits per heavy atom. The van der Waals surface area contributed by atoms with Crippen molar-refractivity contribution >= 4 is 5.97 Å². The number of rotatable bonds is 1. The quantitative estimate of drug-likeness (QED) is 0.755. The Bertz CT molecular complexity index is 853. The zero-order valence-corrected chi connectivity index (χ0v) is 12.2. The summed E-state index contributed by atoms with van der Waals surface area (Å²) in [5.74, 6) is -0.274. The number of hydrogen-bond acceptors (Lipinski definition) is 1. The molecule has 76 valence electrons. The maximum Gasteiger partial charge on any atom is 0 e. The molecule has 10 aliphatic rings. The minimum atomic E-state index is -3.19. The molecule has 10 fully saturated rings. The molecule has 0 bridgehead atoms. The van der Waals surface area contributed by atoms with Crippen LogP contribution in [0.15, 0.2) is 0 Å². The van der Waals surface area contributed by atoms with Crippen LogP contribution in [0.25, 0.3) is 0 Å². The standard InChI is InChI=1S/C6H5O2.C5H5.Fe.Zn/c7-6(8)5-3-1-2-4-5;1-2-4-5-3-1;;/h1-4H,(H,7,8);1-5H;;. The fraction of sp³-hybridized carbons (Fsp3) is 0.909. The largest absolute Gasteiger partial charge is 0 e. The van der Waals surface area contributed by atoms with Crippen LogP contribution in [0.1, 0.15) is 0 Å². The molecule has 0 amide bonds. The van der Waals surface area contributed by atoms with E-state index in [1.165, 1.54) is 33.7 Å². The summed E-state index contributed by atoms with van der Waals surface area (Å²) in [5, 5.41) is 9.75. The van der Waals surface area contributed by atoms with E-state index in [0.29, 0.717) is 0 Å². The smallest absolute Gasteiger partial charge is 0 e. The molecule has 0 aromatic carbocycles. The molecular formula is C11H10FeO2Zn. The molecule has 10 saturated heterocycles. The van der Waals surface area contributed by atoms with Crippen LogP contribution in [-0.4, -0.2) is 11.1 Å². The van der Waals surface area contributed by atoms with Crippen molar-refractivity contribution in [1.29, 1.82) is 0 Å². The van der Waals surface area contributed by atoms with Crippen LogP contribution in [0.4, 0.5) is 0 Å². The van der Waals surface area contributed by atoms with Crippen LogP contribution >= 0.6 is 0 Å². The average molecular weight is 295 g/mol. The second-order valence-corrected chi connectivity index (χ2v) is 33.5. The molecule has 4 heteroatoms. The van der Waals surface area contributed by atoms with Gasteiger partial charge in [-0.2, -0.15) is 0 Å². The van der Waals surface area contributed by atoms with E-state index in [2.05, 4.69) is 0 Å². The van der Waals surface area contributed by atoms with Gasteiger partial charge in [-0.05, 0) is 0 Å². The summed E-state index contributed by atoms with van der Waals surface area (Å²) in [4.78, 5) is 21.8. The van der Waals surface area contributed by atoms with E-state index in [1.807, 2.05) is 0 Å². The number of hydrogen-bond donors (Lipinski definition) is 1. The fourth-order valence-electron chi connectivity index (χ4n) is 16.8. The maximum atomic E-state index is 11.8. The number of aliphatic carboxylic acids is 1. The van der Waals surface area contributed by atoms with Crippen molar-refractivity contribution in [1.82, 2.24) is 0 Å². The minimum Gasteiger partial charge on any atom is 0 e. The molecule has 10 aliphatic heterocycles. The predicted octanol–water partition coefficient (Wildman–Crippen LogP) is 2.83. The van der Waals surface area contributed by atoms with Gasteiger partial charge in [-0.3, -0.25) is 0 Å². The van der Waals surface area contributed by atoms with E-state index in [9.17, 15) is 9.90 Å². The summed E-state index contributed by atoms with van der Waals surface area (Å²) < 4.78 is 0.110. The van der Waals surface area contributed by atoms with Crippen molar-refractivity contribution in [2.24, 2.45) is 0 Å². The summed E-state index contributed by atoms with van der Waals surface area (Å²) in [6.07, 6.45) is 0. The van der Waals surface area contributed by atoms with E-state index in [4.69, 9.17) is 0 Å². The Balaban J connectivity index is 0.000000529. The predicted molar refractivity (Wildman–Crippen MR) is 44.1 cm³/mol. The first-order valence-corrected chi connectivity index (χ1v) is 12.2. The maximum absolute atomic E-state index is 11.8. The van der Waals surface area contributed by atoms with Crippen molar-refractivity contribution in [3.63, 3.8) is 0 Å². The molecule has 2 nitrogen and oxygen atoms in total. The van der Waals surface area contributed by atoms with Gasteiger partial charge in [0, 0.05) is 19.5 Å². The molecule has 15 heavy (non-hydrogen) atoms. The Hall–Kier alpha value is 0.613. The summed E-state index contributed by atoms with van der Waals surface area (Å²) in [7, 11) is 0. The van der Waals surface area contributed by atoms with E-state index in [1.54, 1.807) is 0 Å². The van der Waals surface area contributed by atoms with Crippen LogP contribution in [0.3, 0.4) is 0 Å². The van der Waals surface area contributed by atoms with Gasteiger partial charge in [0.05, 0.1) is 0 Å². The van der Waals surface area contributed by atoms with Crippen LogP contribution < -0.4 is 0 Å². The van der Waals surface area contributed by atoms with Gasteiger partial charge in [0.25, 0.3) is 0 Å². The van der Waals surface area contributed by atoms with E-state index in [-0.39, 0.29) is 29.8 Å². The molecule has 10 rings (SSSR count). The second kappa shape index (κ2) is 0.407. The molecule has 4 atom stereocenters. The van der Waals surface area contributed by atoms with Crippen LogP contribution in [0.2, 0.25) is 47.7 Å². The zero-order chi connectivity index (χ0) is 8.59. The van der Waals surface area contributed by atoms with Crippen LogP contribution in [0, 0.1) is 0 Å². The first kappa shape index (κ1) is 5.98. The summed E-state index contributed by atoms with van der Waals surface area (Å²) in [6.45, 7) is -3.19. The average Bonchev–Trinajstić information content (AvgIpc) is 3.13. The van der Waals surface area contributed by atoms with Gasteiger partial charge in [0.2, 0.25) is 0 Å². The van der Waals surface area contributed by atoms with Gasteiger partial charge in [0.15, 0.2) is 0 Å². The number of carboxylic acid groups (broad SMARTS) is 1. The number of fused-ring (bicyclic) bond motifs is 10. The van der Waals surface area contributed by atoms with Gasteiger partial charge in [-0.1, -0.05) is 0 Å². The monoisotopic (exact) mass is 294 g/mol. The Kier molecular flexibility index (Phi) is 0.162. The molecule has 1 N–H and O–H groups in total. The van der Waals surface area contributed by atoms with Gasteiger partial charge in [-0.15, -0.1) is 0 Å². The topological polar surface area (TPSA) is 37.3 Å². The van der Waals surface area contributed by atoms with Crippen molar-refractivity contribution in [2.75, 3.05) is 0 Å². The second-order valence-electron chi connectivity index (χ2n) is 9.98. The Morgan fingerprint density at radius 2 is 1.33 bits per heavy atom. The van der Waals surface area contributed by atoms with Gasteiger partial charge in [0.1, 0.15) is 0 Å². The van der Waals surface area contributed by atoms with Crippen molar-refractivity contribution in [3.05, 3.63) is 0 Å². The molecule has 0 radical (unpaired) electrons. The van der Waals surface area contributed by atoms with Crippen molar-refractivity contribution < 1.29 is 35.9 Å². The minimum absolute atomic E-state index is 0. The van der Waals surface area contributed by atoms with Crippen molar-refractivity contribution in [2.45, 2.75) is 47.7 Å². The van der Waals surface area contributed by atoms with Crippen LogP contribution in [-0.2, 0) is 30.8 Å². The molecule has 1 spiro atoms. The summed E-state index contributed by atoms with van der Waals surface area (Å²) in [5.41, 5.74) is 0. The molecule has 0 aromatic heterocycles. The van der Waals surface area contributed by atoms with E-state index >= 15 is 0 Å². The van der Waals surface area contributed by atoms with E-state index in [0.717, 1.165) is 9.63 Å². The van der Waals surface area contributed by atoms with E-state index < -0.39 is 6.51 Å². The fourth-order valence-corrected chi connectivity index (χ4v) is 90.3. The third kappa shape index (κ3) is 0.0482. The molecule has 4 unspecified atom stereocenters. The third-order valence-electron chi connectivity index (χ3n) is 15.0. The Labute approximate surface area is 89.2 Å². The summed E-state index contributed by atoms with van der Waals surface area (Å²) >= 11 is 0. The Morgan fingerprint density at radius 3 is 1.40 bits per heavy atom. The molecule has 0 aliphatic carbocycles. The van der Waals surface area contributed by atoms with Gasteiger partial charge >= 0.3 is 70.0 Å². The number of carboxylic acids is 1. The zero-order valence-electron chi connectivity index (χ0n) is 8.11. The molecule has 0 saturated carbocycles. The first-order chi connectivity index (χ1) is 6.49. The van der Waals surface area contributed by atoms with Crippen LogP contribution in [0.5, 0.6) is 0 Å². The van der Waals surface area contributed by atoms with Gasteiger partial charge < -0.3 is 0 Å². The molecule has 0 aromatic rings.